The first-order valence-electron chi connectivity index (χ1n) is 5.79. The number of rotatable bonds is 5. The maximum atomic E-state index is 13.9. The molecular formula is C14H14FNO2S. The van der Waals surface area contributed by atoms with Gasteiger partial charge in [-0.05, 0) is 19.1 Å². The van der Waals surface area contributed by atoms with Crippen molar-refractivity contribution in [3.63, 3.8) is 0 Å². The Bertz CT molecular complexity index is 648. The Kier molecular flexibility index (Phi) is 3.97. The Balaban J connectivity index is 2.45. The van der Waals surface area contributed by atoms with Gasteiger partial charge in [0, 0.05) is 28.7 Å². The fourth-order valence-electron chi connectivity index (χ4n) is 1.91. The van der Waals surface area contributed by atoms with Gasteiger partial charge in [0.25, 0.3) is 0 Å². The van der Waals surface area contributed by atoms with Crippen molar-refractivity contribution in [3.05, 3.63) is 46.6 Å². The number of nitrogens with one attached hydrogen (secondary N) is 1. The fourth-order valence-corrected chi connectivity index (χ4v) is 2.98. The summed E-state index contributed by atoms with van der Waals surface area (Å²) < 4.78 is 14.5. The number of hydrogen-bond acceptors (Lipinski definition) is 3. The van der Waals surface area contributed by atoms with E-state index in [1.807, 2.05) is 6.92 Å². The molecule has 0 atom stereocenters. The standard InChI is InChI=1S/C14H14FNO2S/c1-8(2)6-16-7-9-12-10(15)4-3-5-11(12)19-13(9)14(17)18/h3-5,16H,1,6-7H2,2H3,(H,17,18). The lowest BCUT2D eigenvalue weighted by Gasteiger charge is -2.05. The number of aromatic carboxylic acids is 1. The molecule has 0 radical (unpaired) electrons. The second kappa shape index (κ2) is 5.50. The first-order valence-corrected chi connectivity index (χ1v) is 6.60. The van der Waals surface area contributed by atoms with Crippen LogP contribution < -0.4 is 5.32 Å². The zero-order valence-electron chi connectivity index (χ0n) is 10.5. The molecule has 0 bridgehead atoms. The fraction of sp³-hybridized carbons (Fsp3) is 0.214. The van der Waals surface area contributed by atoms with E-state index in [1.54, 1.807) is 12.1 Å². The van der Waals surface area contributed by atoms with Crippen LogP contribution in [0.2, 0.25) is 0 Å². The first-order chi connectivity index (χ1) is 9.00. The molecular weight excluding hydrogens is 265 g/mol. The Labute approximate surface area is 114 Å². The quantitative estimate of drug-likeness (QED) is 0.825. The normalized spacial score (nSPS) is 10.8. The van der Waals surface area contributed by atoms with Crippen LogP contribution in [0, 0.1) is 5.82 Å². The zero-order valence-corrected chi connectivity index (χ0v) is 11.3. The van der Waals surface area contributed by atoms with Crippen LogP contribution >= 0.6 is 11.3 Å². The third-order valence-electron chi connectivity index (χ3n) is 2.69. The lowest BCUT2D eigenvalue weighted by atomic mass is 10.1. The summed E-state index contributed by atoms with van der Waals surface area (Å²) in [4.78, 5) is 11.4. The minimum Gasteiger partial charge on any atom is -0.477 e. The van der Waals surface area contributed by atoms with Crippen molar-refractivity contribution in [2.75, 3.05) is 6.54 Å². The third-order valence-corrected chi connectivity index (χ3v) is 3.87. The summed E-state index contributed by atoms with van der Waals surface area (Å²) in [5, 5.41) is 12.7. The molecule has 100 valence electrons. The van der Waals surface area contributed by atoms with Gasteiger partial charge < -0.3 is 10.4 Å². The molecule has 1 aromatic heterocycles. The molecule has 3 nitrogen and oxygen atoms in total. The van der Waals surface area contributed by atoms with Gasteiger partial charge in [0.15, 0.2) is 0 Å². The number of halogens is 1. The van der Waals surface area contributed by atoms with E-state index >= 15 is 0 Å². The van der Waals surface area contributed by atoms with Gasteiger partial charge in [-0.1, -0.05) is 18.2 Å². The molecule has 2 N–H and O–H groups in total. The van der Waals surface area contributed by atoms with Crippen molar-refractivity contribution in [2.24, 2.45) is 0 Å². The maximum Gasteiger partial charge on any atom is 0.346 e. The number of carboxylic acids is 1. The number of hydrogen-bond donors (Lipinski definition) is 2. The highest BCUT2D eigenvalue weighted by Gasteiger charge is 2.19. The molecule has 0 spiro atoms. The highest BCUT2D eigenvalue weighted by Crippen LogP contribution is 2.33. The average molecular weight is 279 g/mol. The van der Waals surface area contributed by atoms with Crippen molar-refractivity contribution in [1.29, 1.82) is 0 Å². The Hall–Kier alpha value is -1.72. The maximum absolute atomic E-state index is 13.9. The topological polar surface area (TPSA) is 49.3 Å². The van der Waals surface area contributed by atoms with E-state index in [0.717, 1.165) is 16.9 Å². The number of thiophene rings is 1. The van der Waals surface area contributed by atoms with Crippen LogP contribution in [0.4, 0.5) is 4.39 Å². The predicted octanol–water partition coefficient (Wildman–Crippen LogP) is 3.40. The lowest BCUT2D eigenvalue weighted by molar-refractivity contribution is 0.0701. The van der Waals surface area contributed by atoms with Gasteiger partial charge in [-0.25, -0.2) is 9.18 Å². The second-order valence-electron chi connectivity index (χ2n) is 4.39. The number of carboxylic acid groups (broad SMARTS) is 1. The molecule has 0 fully saturated rings. The van der Waals surface area contributed by atoms with E-state index in [4.69, 9.17) is 0 Å². The minimum absolute atomic E-state index is 0.189. The van der Waals surface area contributed by atoms with E-state index in [2.05, 4.69) is 11.9 Å². The van der Waals surface area contributed by atoms with E-state index < -0.39 is 5.97 Å². The van der Waals surface area contributed by atoms with E-state index in [-0.39, 0.29) is 10.7 Å². The summed E-state index contributed by atoms with van der Waals surface area (Å²) in [6, 6.07) is 4.67. The average Bonchev–Trinajstić information content (AvgIpc) is 2.69. The van der Waals surface area contributed by atoms with Crippen molar-refractivity contribution in [2.45, 2.75) is 13.5 Å². The molecule has 0 unspecified atom stereocenters. The highest BCUT2D eigenvalue weighted by atomic mass is 32.1. The zero-order chi connectivity index (χ0) is 14.0. The van der Waals surface area contributed by atoms with Crippen molar-refractivity contribution in [1.82, 2.24) is 5.32 Å². The molecule has 5 heteroatoms. The van der Waals surface area contributed by atoms with Crippen molar-refractivity contribution < 1.29 is 14.3 Å². The Morgan fingerprint density at radius 3 is 2.89 bits per heavy atom. The van der Waals surface area contributed by atoms with Gasteiger partial charge in [-0.3, -0.25) is 0 Å². The summed E-state index contributed by atoms with van der Waals surface area (Å²) in [5.41, 5.74) is 1.45. The molecule has 2 aromatic rings. The Morgan fingerprint density at radius 2 is 2.26 bits per heavy atom. The smallest absolute Gasteiger partial charge is 0.346 e. The van der Waals surface area contributed by atoms with E-state index in [0.29, 0.717) is 28.7 Å². The van der Waals surface area contributed by atoms with Gasteiger partial charge in [0.2, 0.25) is 0 Å². The van der Waals surface area contributed by atoms with Crippen LogP contribution in [-0.2, 0) is 6.54 Å². The van der Waals surface area contributed by atoms with E-state index in [1.165, 1.54) is 6.07 Å². The molecule has 2 rings (SSSR count). The van der Waals surface area contributed by atoms with Crippen LogP contribution in [0.25, 0.3) is 10.1 Å². The van der Waals surface area contributed by atoms with Crippen LogP contribution in [0.5, 0.6) is 0 Å². The van der Waals surface area contributed by atoms with E-state index in [9.17, 15) is 14.3 Å². The van der Waals surface area contributed by atoms with Crippen LogP contribution in [-0.4, -0.2) is 17.6 Å². The van der Waals surface area contributed by atoms with Gasteiger partial charge in [-0.15, -0.1) is 11.3 Å². The largest absolute Gasteiger partial charge is 0.477 e. The van der Waals surface area contributed by atoms with Crippen molar-refractivity contribution >= 4 is 27.4 Å². The second-order valence-corrected chi connectivity index (χ2v) is 5.44. The van der Waals surface area contributed by atoms with Gasteiger partial charge in [0.1, 0.15) is 10.7 Å². The third kappa shape index (κ3) is 2.83. The minimum atomic E-state index is -1.02. The molecule has 1 aromatic carbocycles. The van der Waals surface area contributed by atoms with Gasteiger partial charge >= 0.3 is 5.97 Å². The predicted molar refractivity (Wildman–Crippen MR) is 75.3 cm³/mol. The van der Waals surface area contributed by atoms with Gasteiger partial charge in [0.05, 0.1) is 0 Å². The molecule has 19 heavy (non-hydrogen) atoms. The van der Waals surface area contributed by atoms with Crippen molar-refractivity contribution in [3.8, 4) is 0 Å². The molecule has 0 aliphatic carbocycles. The molecule has 0 saturated carbocycles. The number of carbonyl (C=O) groups is 1. The van der Waals surface area contributed by atoms with Gasteiger partial charge in [-0.2, -0.15) is 0 Å². The first kappa shape index (κ1) is 13.7. The molecule has 1 heterocycles. The van der Waals surface area contributed by atoms with Crippen LogP contribution in [0.3, 0.4) is 0 Å². The molecule has 0 aliphatic rings. The summed E-state index contributed by atoms with van der Waals surface area (Å²) in [7, 11) is 0. The molecule has 0 aliphatic heterocycles. The summed E-state index contributed by atoms with van der Waals surface area (Å²) in [5.74, 6) is -1.40. The number of fused-ring (bicyclic) bond motifs is 1. The highest BCUT2D eigenvalue weighted by molar-refractivity contribution is 7.21. The monoisotopic (exact) mass is 279 g/mol. The summed E-state index contributed by atoms with van der Waals surface area (Å²) in [6.45, 7) is 6.52. The van der Waals surface area contributed by atoms with Crippen LogP contribution in [0.15, 0.2) is 30.4 Å². The number of benzene rings is 1. The SMILES string of the molecule is C=C(C)CNCc1c(C(=O)O)sc2cccc(F)c12. The summed E-state index contributed by atoms with van der Waals surface area (Å²) >= 11 is 1.10. The molecule has 0 saturated heterocycles. The summed E-state index contributed by atoms with van der Waals surface area (Å²) in [6.07, 6.45) is 0. The van der Waals surface area contributed by atoms with Crippen LogP contribution in [0.1, 0.15) is 22.2 Å². The molecule has 0 amide bonds. The Morgan fingerprint density at radius 1 is 1.53 bits per heavy atom. The lowest BCUT2D eigenvalue weighted by Crippen LogP contribution is -2.16.